The van der Waals surface area contributed by atoms with Crippen LogP contribution in [-0.4, -0.2) is 26.6 Å². The lowest BCUT2D eigenvalue weighted by Gasteiger charge is -2.08. The van der Waals surface area contributed by atoms with Crippen molar-refractivity contribution < 1.29 is 19.1 Å². The van der Waals surface area contributed by atoms with E-state index in [4.69, 9.17) is 4.74 Å². The molecule has 1 aromatic carbocycles. The van der Waals surface area contributed by atoms with Gasteiger partial charge in [0.1, 0.15) is 5.75 Å². The first-order valence-electron chi connectivity index (χ1n) is 4.19. The molecule has 5 heteroatoms. The number of carbonyl (C=O) groups is 2. The second-order valence-electron chi connectivity index (χ2n) is 2.67. The molecule has 0 spiro atoms. The number of rotatable bonds is 4. The Labute approximate surface area is 87.0 Å². The monoisotopic (exact) mass is 209 g/mol. The van der Waals surface area contributed by atoms with E-state index >= 15 is 0 Å². The average molecular weight is 209 g/mol. The summed E-state index contributed by atoms with van der Waals surface area (Å²) >= 11 is 0. The van der Waals surface area contributed by atoms with Crippen molar-refractivity contribution in [3.05, 3.63) is 23.8 Å². The van der Waals surface area contributed by atoms with E-state index in [9.17, 15) is 9.59 Å². The minimum atomic E-state index is -0.466. The molecule has 0 aliphatic heterocycles. The molecule has 15 heavy (non-hydrogen) atoms. The fraction of sp³-hybridized carbons (Fsp3) is 0.200. The van der Waals surface area contributed by atoms with Crippen LogP contribution in [-0.2, 0) is 9.53 Å². The number of hydrogen-bond donors (Lipinski definition) is 1. The summed E-state index contributed by atoms with van der Waals surface area (Å²) in [5, 5.41) is 2.43. The summed E-state index contributed by atoms with van der Waals surface area (Å²) in [6, 6.07) is 4.62. The Morgan fingerprint density at radius 3 is 2.67 bits per heavy atom. The zero-order valence-electron chi connectivity index (χ0n) is 8.44. The molecular weight excluding hydrogens is 198 g/mol. The quantitative estimate of drug-likeness (QED) is 0.594. The number of esters is 1. The van der Waals surface area contributed by atoms with Crippen molar-refractivity contribution in [1.82, 2.24) is 0 Å². The third kappa shape index (κ3) is 2.46. The van der Waals surface area contributed by atoms with Gasteiger partial charge in [-0.05, 0) is 18.2 Å². The summed E-state index contributed by atoms with van der Waals surface area (Å²) < 4.78 is 9.54. The van der Waals surface area contributed by atoms with Gasteiger partial charge < -0.3 is 14.8 Å². The first-order chi connectivity index (χ1) is 7.22. The van der Waals surface area contributed by atoms with E-state index in [0.29, 0.717) is 23.4 Å². The molecule has 1 rings (SSSR count). The molecule has 0 saturated carbocycles. The molecule has 0 aliphatic rings. The topological polar surface area (TPSA) is 64.6 Å². The maximum absolute atomic E-state index is 11.2. The van der Waals surface area contributed by atoms with Crippen LogP contribution in [0.4, 0.5) is 5.69 Å². The molecule has 80 valence electrons. The van der Waals surface area contributed by atoms with Gasteiger partial charge in [-0.25, -0.2) is 4.79 Å². The number of ether oxygens (including phenoxy) is 2. The lowest BCUT2D eigenvalue weighted by Crippen LogP contribution is -2.04. The molecule has 5 nitrogen and oxygen atoms in total. The van der Waals surface area contributed by atoms with Crippen LogP contribution >= 0.6 is 0 Å². The van der Waals surface area contributed by atoms with E-state index in [-0.39, 0.29) is 0 Å². The number of anilines is 1. The molecule has 0 aliphatic carbocycles. The second kappa shape index (κ2) is 4.99. The van der Waals surface area contributed by atoms with Crippen LogP contribution < -0.4 is 10.1 Å². The van der Waals surface area contributed by atoms with E-state index < -0.39 is 5.97 Å². The van der Waals surface area contributed by atoms with E-state index in [2.05, 4.69) is 10.1 Å². The highest BCUT2D eigenvalue weighted by atomic mass is 16.5. The van der Waals surface area contributed by atoms with Crippen molar-refractivity contribution in [2.24, 2.45) is 0 Å². The zero-order valence-corrected chi connectivity index (χ0v) is 8.44. The van der Waals surface area contributed by atoms with E-state index in [1.165, 1.54) is 20.3 Å². The van der Waals surface area contributed by atoms with Crippen LogP contribution in [0.3, 0.4) is 0 Å². The summed E-state index contributed by atoms with van der Waals surface area (Å²) in [4.78, 5) is 21.5. The fourth-order valence-electron chi connectivity index (χ4n) is 1.13. The number of nitrogens with one attached hydrogen (secondary N) is 1. The van der Waals surface area contributed by atoms with Crippen LogP contribution in [0.15, 0.2) is 18.2 Å². The van der Waals surface area contributed by atoms with Gasteiger partial charge in [0, 0.05) is 0 Å². The van der Waals surface area contributed by atoms with Crippen LogP contribution in [0.25, 0.3) is 0 Å². The SMILES string of the molecule is COC(=O)c1ccc(OC)c(NC=O)c1. The standard InChI is InChI=1S/C10H11NO4/c1-14-9-4-3-7(10(13)15-2)5-8(9)11-6-12/h3-6H,1-2H3,(H,11,12). The predicted octanol–water partition coefficient (Wildman–Crippen LogP) is 1.05. The van der Waals surface area contributed by atoms with Crippen LogP contribution in [0.5, 0.6) is 5.75 Å². The molecule has 0 atom stereocenters. The first kappa shape index (κ1) is 11.0. The van der Waals surface area contributed by atoms with Gasteiger partial charge in [-0.1, -0.05) is 0 Å². The highest BCUT2D eigenvalue weighted by molar-refractivity contribution is 5.92. The van der Waals surface area contributed by atoms with Crippen molar-refractivity contribution in [3.8, 4) is 5.75 Å². The average Bonchev–Trinajstić information content (AvgIpc) is 2.28. The second-order valence-corrected chi connectivity index (χ2v) is 2.67. The number of methoxy groups -OCH3 is 2. The van der Waals surface area contributed by atoms with Gasteiger partial charge in [0.15, 0.2) is 0 Å². The van der Waals surface area contributed by atoms with Gasteiger partial charge in [0.2, 0.25) is 6.41 Å². The number of benzene rings is 1. The maximum atomic E-state index is 11.2. The van der Waals surface area contributed by atoms with Crippen LogP contribution in [0.1, 0.15) is 10.4 Å². The molecule has 0 fully saturated rings. The molecule has 0 bridgehead atoms. The third-order valence-corrected chi connectivity index (χ3v) is 1.84. The van der Waals surface area contributed by atoms with Crippen molar-refractivity contribution in [2.75, 3.05) is 19.5 Å². The fourth-order valence-corrected chi connectivity index (χ4v) is 1.13. The number of amides is 1. The molecular formula is C10H11NO4. The molecule has 1 amide bonds. The summed E-state index contributed by atoms with van der Waals surface area (Å²) in [5.74, 6) is 0.0151. The Hall–Kier alpha value is -2.04. The third-order valence-electron chi connectivity index (χ3n) is 1.84. The highest BCUT2D eigenvalue weighted by Crippen LogP contribution is 2.25. The minimum absolute atomic E-state index is 0.350. The van der Waals surface area contributed by atoms with E-state index in [1.807, 2.05) is 0 Å². The van der Waals surface area contributed by atoms with Gasteiger partial charge in [-0.2, -0.15) is 0 Å². The van der Waals surface area contributed by atoms with Gasteiger partial charge in [-0.3, -0.25) is 4.79 Å². The van der Waals surface area contributed by atoms with Crippen LogP contribution in [0.2, 0.25) is 0 Å². The molecule has 0 unspecified atom stereocenters. The maximum Gasteiger partial charge on any atom is 0.337 e. The van der Waals surface area contributed by atoms with Gasteiger partial charge in [0.05, 0.1) is 25.5 Å². The lowest BCUT2D eigenvalue weighted by molar-refractivity contribution is -0.105. The Kier molecular flexibility index (Phi) is 3.68. The number of carbonyl (C=O) groups excluding carboxylic acids is 2. The lowest BCUT2D eigenvalue weighted by atomic mass is 10.2. The Bertz CT molecular complexity index is 376. The van der Waals surface area contributed by atoms with E-state index in [0.717, 1.165) is 0 Å². The summed E-state index contributed by atoms with van der Waals surface area (Å²) in [6.07, 6.45) is 0.513. The van der Waals surface area contributed by atoms with Gasteiger partial charge in [-0.15, -0.1) is 0 Å². The van der Waals surface area contributed by atoms with Crippen molar-refractivity contribution in [2.45, 2.75) is 0 Å². The Morgan fingerprint density at radius 1 is 1.40 bits per heavy atom. The van der Waals surface area contributed by atoms with Crippen molar-refractivity contribution in [1.29, 1.82) is 0 Å². The zero-order chi connectivity index (χ0) is 11.3. The minimum Gasteiger partial charge on any atom is -0.495 e. The largest absolute Gasteiger partial charge is 0.495 e. The highest BCUT2D eigenvalue weighted by Gasteiger charge is 2.09. The first-order valence-corrected chi connectivity index (χ1v) is 4.19. The summed E-state index contributed by atoms with van der Waals surface area (Å²) in [5.41, 5.74) is 0.776. The summed E-state index contributed by atoms with van der Waals surface area (Å²) in [7, 11) is 2.77. The molecule has 0 heterocycles. The molecule has 1 aromatic rings. The van der Waals surface area contributed by atoms with Gasteiger partial charge >= 0.3 is 5.97 Å². The number of hydrogen-bond acceptors (Lipinski definition) is 4. The predicted molar refractivity (Wildman–Crippen MR) is 54.0 cm³/mol. The molecule has 0 radical (unpaired) electrons. The normalized spacial score (nSPS) is 9.20. The van der Waals surface area contributed by atoms with Crippen molar-refractivity contribution in [3.63, 3.8) is 0 Å². The smallest absolute Gasteiger partial charge is 0.337 e. The Balaban J connectivity index is 3.09. The molecule has 0 aromatic heterocycles. The summed E-state index contributed by atoms with van der Waals surface area (Å²) in [6.45, 7) is 0. The Morgan fingerprint density at radius 2 is 2.13 bits per heavy atom. The van der Waals surface area contributed by atoms with Gasteiger partial charge in [0.25, 0.3) is 0 Å². The van der Waals surface area contributed by atoms with Crippen LogP contribution in [0, 0.1) is 0 Å². The van der Waals surface area contributed by atoms with E-state index in [1.54, 1.807) is 12.1 Å². The molecule has 1 N–H and O–H groups in total. The van der Waals surface area contributed by atoms with Crippen molar-refractivity contribution >= 4 is 18.1 Å². The molecule has 0 saturated heterocycles.